The van der Waals surface area contributed by atoms with Crippen LogP contribution in [0.4, 0.5) is 0 Å². The van der Waals surface area contributed by atoms with Gasteiger partial charge in [-0.3, -0.25) is 9.59 Å². The van der Waals surface area contributed by atoms with Gasteiger partial charge in [-0.05, 0) is 33.1 Å². The Hall–Kier alpha value is -1.18. The summed E-state index contributed by atoms with van der Waals surface area (Å²) in [6.07, 6.45) is 3.58. The SMILES string of the molecule is CCC1(COC(C)=O)COC2(CC(C)(CC)N(OC(C)=O)C(C)(CC)C2)OC1. The van der Waals surface area contributed by atoms with Crippen LogP contribution in [0.3, 0.4) is 0 Å². The number of hydrogen-bond donors (Lipinski definition) is 0. The van der Waals surface area contributed by atoms with Crippen molar-refractivity contribution < 1.29 is 28.6 Å². The van der Waals surface area contributed by atoms with Gasteiger partial charge in [0.05, 0.1) is 29.7 Å². The highest BCUT2D eigenvalue weighted by atomic mass is 16.7. The molecule has 2 rings (SSSR count). The molecule has 2 aliphatic rings. The molecule has 0 aromatic heterocycles. The van der Waals surface area contributed by atoms with E-state index in [-0.39, 0.29) is 17.4 Å². The Kier molecular flexibility index (Phi) is 6.83. The molecule has 162 valence electrons. The third-order valence-electron chi connectivity index (χ3n) is 6.64. The van der Waals surface area contributed by atoms with E-state index in [0.29, 0.717) is 32.7 Å². The minimum absolute atomic E-state index is 0.292. The van der Waals surface area contributed by atoms with E-state index >= 15 is 0 Å². The molecule has 28 heavy (non-hydrogen) atoms. The van der Waals surface area contributed by atoms with Crippen molar-refractivity contribution in [2.45, 2.75) is 97.4 Å². The zero-order valence-electron chi connectivity index (χ0n) is 18.6. The molecule has 2 saturated heterocycles. The molecule has 0 amide bonds. The molecule has 2 aliphatic heterocycles. The predicted molar refractivity (Wildman–Crippen MR) is 104 cm³/mol. The van der Waals surface area contributed by atoms with Gasteiger partial charge in [0.25, 0.3) is 0 Å². The maximum absolute atomic E-state index is 11.8. The summed E-state index contributed by atoms with van der Waals surface area (Å²) in [5.41, 5.74) is -1.14. The minimum atomic E-state index is -0.735. The molecule has 0 aromatic carbocycles. The monoisotopic (exact) mass is 399 g/mol. The largest absolute Gasteiger partial charge is 0.465 e. The highest BCUT2D eigenvalue weighted by molar-refractivity contribution is 5.66. The summed E-state index contributed by atoms with van der Waals surface area (Å²) in [5, 5.41) is 1.88. The van der Waals surface area contributed by atoms with Crippen LogP contribution >= 0.6 is 0 Å². The van der Waals surface area contributed by atoms with E-state index in [1.54, 1.807) is 0 Å². The van der Waals surface area contributed by atoms with Crippen molar-refractivity contribution in [1.82, 2.24) is 5.06 Å². The lowest BCUT2D eigenvalue weighted by atomic mass is 9.73. The molecular formula is C21H37NO6. The first kappa shape index (κ1) is 23.1. The predicted octanol–water partition coefficient (Wildman–Crippen LogP) is 3.60. The highest BCUT2D eigenvalue weighted by Gasteiger charge is 2.60. The quantitative estimate of drug-likeness (QED) is 0.632. The van der Waals surface area contributed by atoms with E-state index in [2.05, 4.69) is 34.6 Å². The summed E-state index contributed by atoms with van der Waals surface area (Å²) >= 11 is 0. The van der Waals surface area contributed by atoms with Gasteiger partial charge < -0.3 is 19.0 Å². The molecule has 2 heterocycles. The fourth-order valence-corrected chi connectivity index (χ4v) is 4.41. The topological polar surface area (TPSA) is 74.3 Å². The summed E-state index contributed by atoms with van der Waals surface area (Å²) in [6.45, 7) is 14.5. The third-order valence-corrected chi connectivity index (χ3v) is 6.64. The van der Waals surface area contributed by atoms with Gasteiger partial charge in [-0.2, -0.15) is 0 Å². The molecule has 7 heteroatoms. The second kappa shape index (κ2) is 8.28. The molecule has 2 atom stereocenters. The summed E-state index contributed by atoms with van der Waals surface area (Å²) in [6, 6.07) is 0. The summed E-state index contributed by atoms with van der Waals surface area (Å²) in [5.74, 6) is -1.34. The number of ether oxygens (including phenoxy) is 3. The first-order chi connectivity index (χ1) is 13.0. The van der Waals surface area contributed by atoms with Crippen molar-refractivity contribution in [3.05, 3.63) is 0 Å². The number of rotatable bonds is 6. The number of esters is 1. The van der Waals surface area contributed by atoms with Gasteiger partial charge >= 0.3 is 11.9 Å². The van der Waals surface area contributed by atoms with Crippen molar-refractivity contribution in [2.75, 3.05) is 19.8 Å². The molecule has 7 nitrogen and oxygen atoms in total. The van der Waals surface area contributed by atoms with Crippen LogP contribution in [-0.4, -0.2) is 53.7 Å². The van der Waals surface area contributed by atoms with Gasteiger partial charge in [0, 0.05) is 26.7 Å². The number of carbonyl (C=O) groups is 2. The lowest BCUT2D eigenvalue weighted by molar-refractivity contribution is -0.380. The fraction of sp³-hybridized carbons (Fsp3) is 0.905. The molecule has 0 N–H and O–H groups in total. The molecule has 2 unspecified atom stereocenters. The maximum Gasteiger partial charge on any atom is 0.322 e. The first-order valence-corrected chi connectivity index (χ1v) is 10.4. The van der Waals surface area contributed by atoms with E-state index in [1.807, 2.05) is 5.06 Å². The standard InChI is InChI=1S/C21H37NO6/c1-8-18(6)11-21(12-19(7,9-2)22(18)28-17(5)24)26-14-20(10-3,15-27-21)13-25-16(4)23/h8-15H2,1-7H3. The lowest BCUT2D eigenvalue weighted by Gasteiger charge is -2.60. The smallest absolute Gasteiger partial charge is 0.322 e. The van der Waals surface area contributed by atoms with Crippen LogP contribution in [-0.2, 0) is 28.6 Å². The lowest BCUT2D eigenvalue weighted by Crippen LogP contribution is -2.70. The van der Waals surface area contributed by atoms with Gasteiger partial charge in [0.1, 0.15) is 6.61 Å². The molecule has 0 aromatic rings. The van der Waals surface area contributed by atoms with Crippen LogP contribution in [0.2, 0.25) is 0 Å². The van der Waals surface area contributed by atoms with Gasteiger partial charge in [-0.25, -0.2) is 0 Å². The Balaban J connectivity index is 2.25. The first-order valence-electron chi connectivity index (χ1n) is 10.4. The van der Waals surface area contributed by atoms with Crippen molar-refractivity contribution in [1.29, 1.82) is 0 Å². The molecule has 0 aliphatic carbocycles. The van der Waals surface area contributed by atoms with Crippen molar-refractivity contribution in [2.24, 2.45) is 5.41 Å². The summed E-state index contributed by atoms with van der Waals surface area (Å²) in [4.78, 5) is 28.7. The van der Waals surface area contributed by atoms with E-state index in [0.717, 1.165) is 19.3 Å². The van der Waals surface area contributed by atoms with Crippen LogP contribution in [0, 0.1) is 5.41 Å². The number of nitrogens with zero attached hydrogens (tertiary/aromatic N) is 1. The molecule has 2 fully saturated rings. The van der Waals surface area contributed by atoms with Crippen LogP contribution in [0.25, 0.3) is 0 Å². The van der Waals surface area contributed by atoms with Crippen molar-refractivity contribution in [3.63, 3.8) is 0 Å². The van der Waals surface area contributed by atoms with Crippen LogP contribution in [0.15, 0.2) is 0 Å². The van der Waals surface area contributed by atoms with E-state index in [1.165, 1.54) is 13.8 Å². The van der Waals surface area contributed by atoms with E-state index in [4.69, 9.17) is 19.0 Å². The molecule has 0 bridgehead atoms. The zero-order valence-corrected chi connectivity index (χ0v) is 18.6. The summed E-state index contributed by atoms with van der Waals surface area (Å²) < 4.78 is 18.1. The number of carbonyl (C=O) groups excluding carboxylic acids is 2. The fourth-order valence-electron chi connectivity index (χ4n) is 4.41. The zero-order chi connectivity index (χ0) is 21.2. The maximum atomic E-state index is 11.8. The van der Waals surface area contributed by atoms with E-state index in [9.17, 15) is 9.59 Å². The van der Waals surface area contributed by atoms with Gasteiger partial charge in [0.15, 0.2) is 5.79 Å². The number of piperidine rings is 1. The van der Waals surface area contributed by atoms with Gasteiger partial charge in [-0.1, -0.05) is 20.8 Å². The van der Waals surface area contributed by atoms with E-state index < -0.39 is 16.9 Å². The number of hydroxylamine groups is 2. The van der Waals surface area contributed by atoms with Crippen molar-refractivity contribution >= 4 is 11.9 Å². The molecule has 0 saturated carbocycles. The van der Waals surface area contributed by atoms with Gasteiger partial charge in [0.2, 0.25) is 0 Å². The highest BCUT2D eigenvalue weighted by Crippen LogP contribution is 2.51. The second-order valence-corrected chi connectivity index (χ2v) is 9.05. The number of hydrogen-bond acceptors (Lipinski definition) is 7. The van der Waals surface area contributed by atoms with Gasteiger partial charge in [-0.15, -0.1) is 5.06 Å². The Morgan fingerprint density at radius 2 is 1.39 bits per heavy atom. The average molecular weight is 400 g/mol. The normalized spacial score (nSPS) is 39.0. The third kappa shape index (κ3) is 4.52. The summed E-state index contributed by atoms with van der Waals surface area (Å²) in [7, 11) is 0. The van der Waals surface area contributed by atoms with Crippen LogP contribution < -0.4 is 0 Å². The van der Waals surface area contributed by atoms with Crippen molar-refractivity contribution in [3.8, 4) is 0 Å². The Labute approximate surface area is 169 Å². The molecule has 1 spiro atoms. The minimum Gasteiger partial charge on any atom is -0.465 e. The Morgan fingerprint density at radius 3 is 1.75 bits per heavy atom. The Morgan fingerprint density at radius 1 is 0.893 bits per heavy atom. The molecule has 0 radical (unpaired) electrons. The molecular weight excluding hydrogens is 362 g/mol. The van der Waals surface area contributed by atoms with Crippen LogP contribution in [0.1, 0.15) is 80.6 Å². The second-order valence-electron chi connectivity index (χ2n) is 9.05. The Bertz CT molecular complexity index is 563. The van der Waals surface area contributed by atoms with Crippen LogP contribution in [0.5, 0.6) is 0 Å². The average Bonchev–Trinajstić information content (AvgIpc) is 2.65.